The van der Waals surface area contributed by atoms with Crippen LogP contribution in [-0.2, 0) is 0 Å². The molecule has 0 spiro atoms. The molecule has 0 aliphatic heterocycles. The van der Waals surface area contributed by atoms with E-state index in [-0.39, 0.29) is 11.9 Å². The molecule has 4 heteroatoms. The van der Waals surface area contributed by atoms with Crippen molar-refractivity contribution >= 4 is 16.8 Å². The molecule has 1 N–H and O–H groups in total. The molecule has 1 aliphatic rings. The van der Waals surface area contributed by atoms with Gasteiger partial charge in [0.15, 0.2) is 0 Å². The second-order valence-electron chi connectivity index (χ2n) is 5.60. The Balaban J connectivity index is 1.48. The van der Waals surface area contributed by atoms with Crippen molar-refractivity contribution in [2.24, 2.45) is 0 Å². The third kappa shape index (κ3) is 2.44. The number of carbonyl (C=O) groups excluding carboxylic acids is 1. The van der Waals surface area contributed by atoms with Gasteiger partial charge in [0.1, 0.15) is 5.69 Å². The van der Waals surface area contributed by atoms with Crippen LogP contribution in [0.15, 0.2) is 60.9 Å². The highest BCUT2D eigenvalue weighted by molar-refractivity contribution is 5.95. The van der Waals surface area contributed by atoms with Crippen molar-refractivity contribution in [3.63, 3.8) is 0 Å². The summed E-state index contributed by atoms with van der Waals surface area (Å²) < 4.78 is 0. The highest BCUT2D eigenvalue weighted by Gasteiger charge is 2.39. The molecule has 1 amide bonds. The standard InChI is InChI=1S/C18H15N3O/c22-18(16-7-6-13-11-19-9-8-15(13)20-16)21-17-10-14(17)12-4-2-1-3-5-12/h1-9,11,14,17H,10H2,(H,21,22). The summed E-state index contributed by atoms with van der Waals surface area (Å²) in [6.45, 7) is 0. The van der Waals surface area contributed by atoms with Crippen molar-refractivity contribution in [2.75, 3.05) is 0 Å². The van der Waals surface area contributed by atoms with Gasteiger partial charge >= 0.3 is 0 Å². The Bertz CT molecular complexity index is 832. The first-order chi connectivity index (χ1) is 10.8. The number of carbonyl (C=O) groups is 1. The first-order valence-electron chi connectivity index (χ1n) is 7.38. The fourth-order valence-corrected chi connectivity index (χ4v) is 2.76. The number of amides is 1. The lowest BCUT2D eigenvalue weighted by Gasteiger charge is -2.05. The molecule has 2 atom stereocenters. The summed E-state index contributed by atoms with van der Waals surface area (Å²) in [5, 5.41) is 4.00. The summed E-state index contributed by atoms with van der Waals surface area (Å²) in [5.41, 5.74) is 2.53. The Hall–Kier alpha value is -2.75. The van der Waals surface area contributed by atoms with Gasteiger partial charge in [-0.25, -0.2) is 4.98 Å². The Kier molecular flexibility index (Phi) is 3.07. The molecular formula is C18H15N3O. The van der Waals surface area contributed by atoms with Gasteiger partial charge in [0.05, 0.1) is 5.52 Å². The molecule has 4 rings (SSSR count). The number of benzene rings is 1. The van der Waals surface area contributed by atoms with Gasteiger partial charge in [0.2, 0.25) is 0 Å². The van der Waals surface area contributed by atoms with Crippen LogP contribution >= 0.6 is 0 Å². The van der Waals surface area contributed by atoms with Crippen molar-refractivity contribution in [2.45, 2.75) is 18.4 Å². The third-order valence-corrected chi connectivity index (χ3v) is 4.06. The van der Waals surface area contributed by atoms with E-state index in [1.807, 2.05) is 30.3 Å². The quantitative estimate of drug-likeness (QED) is 0.806. The molecule has 1 aromatic carbocycles. The number of hydrogen-bond donors (Lipinski definition) is 1. The highest BCUT2D eigenvalue weighted by Crippen LogP contribution is 2.40. The van der Waals surface area contributed by atoms with Gasteiger partial charge in [-0.2, -0.15) is 0 Å². The highest BCUT2D eigenvalue weighted by atomic mass is 16.2. The van der Waals surface area contributed by atoms with Crippen LogP contribution < -0.4 is 5.32 Å². The van der Waals surface area contributed by atoms with Gasteiger partial charge < -0.3 is 5.32 Å². The van der Waals surface area contributed by atoms with E-state index in [2.05, 4.69) is 27.4 Å². The molecule has 3 aromatic rings. The van der Waals surface area contributed by atoms with Crippen LogP contribution in [0, 0.1) is 0 Å². The molecule has 1 saturated carbocycles. The van der Waals surface area contributed by atoms with Gasteiger partial charge in [-0.05, 0) is 30.2 Å². The van der Waals surface area contributed by atoms with E-state index in [1.165, 1.54) is 5.56 Å². The molecule has 0 radical (unpaired) electrons. The van der Waals surface area contributed by atoms with E-state index < -0.39 is 0 Å². The van der Waals surface area contributed by atoms with E-state index in [1.54, 1.807) is 18.5 Å². The predicted octanol–water partition coefficient (Wildman–Crippen LogP) is 2.92. The molecule has 4 nitrogen and oxygen atoms in total. The zero-order chi connectivity index (χ0) is 14.9. The largest absolute Gasteiger partial charge is 0.347 e. The van der Waals surface area contributed by atoms with Crippen molar-refractivity contribution < 1.29 is 4.79 Å². The molecule has 2 aromatic heterocycles. The van der Waals surface area contributed by atoms with Crippen LogP contribution in [0.4, 0.5) is 0 Å². The Labute approximate surface area is 128 Å². The third-order valence-electron chi connectivity index (χ3n) is 4.06. The molecule has 0 saturated heterocycles. The van der Waals surface area contributed by atoms with E-state index in [0.29, 0.717) is 11.6 Å². The maximum Gasteiger partial charge on any atom is 0.270 e. The van der Waals surface area contributed by atoms with Crippen LogP contribution in [0.5, 0.6) is 0 Å². The van der Waals surface area contributed by atoms with Gasteiger partial charge in [0, 0.05) is 29.7 Å². The minimum absolute atomic E-state index is 0.109. The zero-order valence-electron chi connectivity index (χ0n) is 11.9. The Morgan fingerprint density at radius 2 is 1.95 bits per heavy atom. The smallest absolute Gasteiger partial charge is 0.270 e. The fraction of sp³-hybridized carbons (Fsp3) is 0.167. The summed E-state index contributed by atoms with van der Waals surface area (Å²) in [4.78, 5) is 20.8. The lowest BCUT2D eigenvalue weighted by molar-refractivity contribution is 0.0945. The van der Waals surface area contributed by atoms with Crippen LogP contribution in [0.1, 0.15) is 28.4 Å². The minimum Gasteiger partial charge on any atom is -0.347 e. The molecule has 108 valence electrons. The molecule has 22 heavy (non-hydrogen) atoms. The van der Waals surface area contributed by atoms with E-state index in [0.717, 1.165) is 17.3 Å². The minimum atomic E-state index is -0.109. The van der Waals surface area contributed by atoms with E-state index in [4.69, 9.17) is 0 Å². The number of hydrogen-bond acceptors (Lipinski definition) is 3. The van der Waals surface area contributed by atoms with Crippen molar-refractivity contribution in [3.05, 3.63) is 72.2 Å². The van der Waals surface area contributed by atoms with Crippen molar-refractivity contribution in [3.8, 4) is 0 Å². The molecular weight excluding hydrogens is 274 g/mol. The average Bonchev–Trinajstić information content (AvgIpc) is 3.34. The first-order valence-corrected chi connectivity index (χ1v) is 7.38. The molecule has 2 unspecified atom stereocenters. The summed E-state index contributed by atoms with van der Waals surface area (Å²) in [7, 11) is 0. The van der Waals surface area contributed by atoms with Gasteiger partial charge in [-0.1, -0.05) is 30.3 Å². The average molecular weight is 289 g/mol. The number of aromatic nitrogens is 2. The number of fused-ring (bicyclic) bond motifs is 1. The lowest BCUT2D eigenvalue weighted by Crippen LogP contribution is -2.27. The second kappa shape index (κ2) is 5.22. The molecule has 0 bridgehead atoms. The van der Waals surface area contributed by atoms with Gasteiger partial charge in [-0.3, -0.25) is 9.78 Å². The number of nitrogens with zero attached hydrogens (tertiary/aromatic N) is 2. The molecule has 1 fully saturated rings. The maximum absolute atomic E-state index is 12.3. The molecule has 2 heterocycles. The summed E-state index contributed by atoms with van der Waals surface area (Å²) >= 11 is 0. The monoisotopic (exact) mass is 289 g/mol. The Morgan fingerprint density at radius 1 is 1.09 bits per heavy atom. The van der Waals surface area contributed by atoms with Crippen molar-refractivity contribution in [1.82, 2.24) is 15.3 Å². The fourth-order valence-electron chi connectivity index (χ4n) is 2.76. The normalized spacial score (nSPS) is 19.8. The van der Waals surface area contributed by atoms with Crippen molar-refractivity contribution in [1.29, 1.82) is 0 Å². The molecule has 1 aliphatic carbocycles. The summed E-state index contributed by atoms with van der Waals surface area (Å²) in [6.07, 6.45) is 4.42. The Morgan fingerprint density at radius 3 is 2.82 bits per heavy atom. The number of rotatable bonds is 3. The maximum atomic E-state index is 12.3. The summed E-state index contributed by atoms with van der Waals surface area (Å²) in [5.74, 6) is 0.317. The number of nitrogens with one attached hydrogen (secondary N) is 1. The van der Waals surface area contributed by atoms with Gasteiger partial charge in [-0.15, -0.1) is 0 Å². The van der Waals surface area contributed by atoms with Crippen LogP contribution in [0.3, 0.4) is 0 Å². The van der Waals surface area contributed by atoms with Crippen LogP contribution in [0.25, 0.3) is 10.9 Å². The zero-order valence-corrected chi connectivity index (χ0v) is 11.9. The van der Waals surface area contributed by atoms with Crippen LogP contribution in [0.2, 0.25) is 0 Å². The summed E-state index contributed by atoms with van der Waals surface area (Å²) in [6, 6.07) is 16.0. The van der Waals surface area contributed by atoms with Crippen LogP contribution in [-0.4, -0.2) is 21.9 Å². The van der Waals surface area contributed by atoms with Gasteiger partial charge in [0.25, 0.3) is 5.91 Å². The SMILES string of the molecule is O=C(NC1CC1c1ccccc1)c1ccc2cnccc2n1. The first kappa shape index (κ1) is 13.0. The second-order valence-corrected chi connectivity index (χ2v) is 5.60. The lowest BCUT2D eigenvalue weighted by atomic mass is 10.1. The topological polar surface area (TPSA) is 54.9 Å². The van der Waals surface area contributed by atoms with E-state index in [9.17, 15) is 4.79 Å². The predicted molar refractivity (Wildman–Crippen MR) is 84.6 cm³/mol. The van der Waals surface area contributed by atoms with E-state index >= 15 is 0 Å². The number of pyridine rings is 2.